The molecule has 9 nitrogen and oxygen atoms in total. The van der Waals surface area contributed by atoms with Crippen molar-refractivity contribution in [1.82, 2.24) is 0 Å². The molecular weight excluding hydrogens is 390 g/mol. The molecule has 0 fully saturated rings. The molecule has 2 N–H and O–H groups in total. The molecule has 2 aromatic rings. The minimum absolute atomic E-state index is 0.100. The fourth-order valence-corrected chi connectivity index (χ4v) is 3.09. The molecule has 0 aliphatic heterocycles. The molecule has 30 heavy (non-hydrogen) atoms. The number of nitrogens with zero attached hydrogens (tertiary/aromatic N) is 1. The molecule has 0 saturated heterocycles. The number of likely N-dealkylation sites (N-methyl/N-ethyl adjacent to an activating group) is 1. The fourth-order valence-electron chi connectivity index (χ4n) is 3.09. The van der Waals surface area contributed by atoms with Gasteiger partial charge < -0.3 is 24.4 Å². The highest BCUT2D eigenvalue weighted by atomic mass is 16.6. The highest BCUT2D eigenvalue weighted by molar-refractivity contribution is 5.92. The number of quaternary nitrogens is 1. The lowest BCUT2D eigenvalue weighted by Gasteiger charge is -2.16. The molecule has 1 atom stereocenters. The minimum Gasteiger partial charge on any atom is -0.493 e. The maximum absolute atomic E-state index is 12.5. The molecular formula is C21H28N3O6+. The second-order valence-corrected chi connectivity index (χ2v) is 6.87. The number of nitrogens with one attached hydrogen (secondary N) is 2. The number of nitro benzene ring substituents is 1. The molecule has 0 saturated carbocycles. The molecule has 2 aromatic carbocycles. The van der Waals surface area contributed by atoms with E-state index >= 15 is 0 Å². The summed E-state index contributed by atoms with van der Waals surface area (Å²) in [6.07, 6.45) is 0. The minimum atomic E-state index is -0.513. The van der Waals surface area contributed by atoms with E-state index in [-0.39, 0.29) is 23.9 Å². The monoisotopic (exact) mass is 418 g/mol. The quantitative estimate of drug-likeness (QED) is 0.452. The van der Waals surface area contributed by atoms with E-state index in [0.29, 0.717) is 35.9 Å². The average molecular weight is 418 g/mol. The van der Waals surface area contributed by atoms with Crippen LogP contribution in [0.2, 0.25) is 0 Å². The number of rotatable bonds is 10. The molecule has 0 aliphatic rings. The van der Waals surface area contributed by atoms with Gasteiger partial charge >= 0.3 is 5.69 Å². The standard InChI is InChI=1S/C21H27N3O6/c1-6-30-18-8-7-15(10-20(18)29-5)12-23(3)13-21(25)22-16-11-19(28-4)17(24(26)27)9-14(16)2/h7-11H,6,12-13H2,1-5H3,(H,22,25)/p+1. The number of anilines is 1. The Balaban J connectivity index is 2.04. The van der Waals surface area contributed by atoms with Gasteiger partial charge in [-0.25, -0.2) is 0 Å². The van der Waals surface area contributed by atoms with E-state index in [1.165, 1.54) is 19.2 Å². The maximum Gasteiger partial charge on any atom is 0.311 e. The smallest absolute Gasteiger partial charge is 0.311 e. The van der Waals surface area contributed by atoms with Gasteiger partial charge in [-0.05, 0) is 37.6 Å². The summed E-state index contributed by atoms with van der Waals surface area (Å²) in [5, 5.41) is 13.9. The van der Waals surface area contributed by atoms with Crippen molar-refractivity contribution in [1.29, 1.82) is 0 Å². The SMILES string of the molecule is CCOc1ccc(C[NH+](C)CC(=O)Nc2cc(OC)c([N+](=O)[O-])cc2C)cc1OC. The average Bonchev–Trinajstić information content (AvgIpc) is 2.70. The van der Waals surface area contributed by atoms with Crippen LogP contribution in [-0.4, -0.2) is 45.2 Å². The van der Waals surface area contributed by atoms with Gasteiger partial charge in [0.15, 0.2) is 23.8 Å². The van der Waals surface area contributed by atoms with E-state index in [1.54, 1.807) is 14.0 Å². The number of hydrogen-bond acceptors (Lipinski definition) is 6. The van der Waals surface area contributed by atoms with Crippen LogP contribution in [-0.2, 0) is 11.3 Å². The molecule has 0 heterocycles. The molecule has 2 rings (SSSR count). The summed E-state index contributed by atoms with van der Waals surface area (Å²) in [6.45, 7) is 4.98. The highest BCUT2D eigenvalue weighted by Gasteiger charge is 2.19. The van der Waals surface area contributed by atoms with Crippen molar-refractivity contribution < 1.29 is 28.8 Å². The third-order valence-corrected chi connectivity index (χ3v) is 4.49. The molecule has 0 aromatic heterocycles. The number of hydrogen-bond donors (Lipinski definition) is 2. The van der Waals surface area contributed by atoms with Gasteiger partial charge in [-0.15, -0.1) is 0 Å². The van der Waals surface area contributed by atoms with Crippen LogP contribution in [0, 0.1) is 17.0 Å². The van der Waals surface area contributed by atoms with Crippen molar-refractivity contribution >= 4 is 17.3 Å². The molecule has 0 radical (unpaired) electrons. The zero-order valence-corrected chi connectivity index (χ0v) is 17.9. The second kappa shape index (κ2) is 10.4. The maximum atomic E-state index is 12.5. The van der Waals surface area contributed by atoms with E-state index in [4.69, 9.17) is 14.2 Å². The zero-order valence-electron chi connectivity index (χ0n) is 17.9. The number of nitro groups is 1. The third-order valence-electron chi connectivity index (χ3n) is 4.49. The molecule has 0 bridgehead atoms. The van der Waals surface area contributed by atoms with Gasteiger partial charge in [0.2, 0.25) is 0 Å². The second-order valence-electron chi connectivity index (χ2n) is 6.87. The van der Waals surface area contributed by atoms with Crippen LogP contribution in [0.25, 0.3) is 0 Å². The first-order chi connectivity index (χ1) is 14.3. The Bertz CT molecular complexity index is 916. The van der Waals surface area contributed by atoms with E-state index < -0.39 is 4.92 Å². The Morgan fingerprint density at radius 2 is 1.83 bits per heavy atom. The van der Waals surface area contributed by atoms with Crippen molar-refractivity contribution in [2.24, 2.45) is 0 Å². The Labute approximate surface area is 175 Å². The predicted octanol–water partition coefficient (Wildman–Crippen LogP) is 1.97. The van der Waals surface area contributed by atoms with Gasteiger partial charge in [-0.3, -0.25) is 14.9 Å². The van der Waals surface area contributed by atoms with Crippen molar-refractivity contribution in [3.05, 3.63) is 51.6 Å². The largest absolute Gasteiger partial charge is 0.493 e. The van der Waals surface area contributed by atoms with Crippen LogP contribution in [0.5, 0.6) is 17.2 Å². The number of ether oxygens (including phenoxy) is 3. The van der Waals surface area contributed by atoms with Crippen LogP contribution < -0.4 is 24.4 Å². The van der Waals surface area contributed by atoms with Crippen molar-refractivity contribution in [2.75, 3.05) is 39.7 Å². The summed E-state index contributed by atoms with van der Waals surface area (Å²) in [6, 6.07) is 8.56. The van der Waals surface area contributed by atoms with Crippen LogP contribution in [0.15, 0.2) is 30.3 Å². The summed E-state index contributed by atoms with van der Waals surface area (Å²) in [4.78, 5) is 24.1. The first-order valence-electron chi connectivity index (χ1n) is 9.52. The van der Waals surface area contributed by atoms with Crippen molar-refractivity contribution in [3.8, 4) is 17.2 Å². The van der Waals surface area contributed by atoms with E-state index in [2.05, 4.69) is 5.32 Å². The highest BCUT2D eigenvalue weighted by Crippen LogP contribution is 2.32. The van der Waals surface area contributed by atoms with Crippen LogP contribution >= 0.6 is 0 Å². The summed E-state index contributed by atoms with van der Waals surface area (Å²) < 4.78 is 16.0. The predicted molar refractivity (Wildman–Crippen MR) is 113 cm³/mol. The summed E-state index contributed by atoms with van der Waals surface area (Å²) in [7, 11) is 4.85. The van der Waals surface area contributed by atoms with Gasteiger partial charge in [-0.2, -0.15) is 0 Å². The molecule has 1 amide bonds. The first-order valence-corrected chi connectivity index (χ1v) is 9.52. The first kappa shape index (κ1) is 23.0. The van der Waals surface area contributed by atoms with Crippen LogP contribution in [0.3, 0.4) is 0 Å². The number of methoxy groups -OCH3 is 2. The van der Waals surface area contributed by atoms with Crippen LogP contribution in [0.1, 0.15) is 18.1 Å². The van der Waals surface area contributed by atoms with E-state index in [0.717, 1.165) is 10.5 Å². The van der Waals surface area contributed by atoms with Gasteiger partial charge in [-0.1, -0.05) is 0 Å². The van der Waals surface area contributed by atoms with E-state index in [1.807, 2.05) is 32.2 Å². The van der Waals surface area contributed by atoms with Gasteiger partial charge in [0.1, 0.15) is 6.54 Å². The molecule has 9 heteroatoms. The van der Waals surface area contributed by atoms with Crippen molar-refractivity contribution in [2.45, 2.75) is 20.4 Å². The molecule has 0 aliphatic carbocycles. The Kier molecular flexibility index (Phi) is 7.99. The number of amides is 1. The van der Waals surface area contributed by atoms with Gasteiger partial charge in [0.25, 0.3) is 5.91 Å². The number of benzene rings is 2. The normalized spacial score (nSPS) is 11.5. The zero-order chi connectivity index (χ0) is 22.3. The number of carbonyl (C=O) groups excluding carboxylic acids is 1. The number of carbonyl (C=O) groups is 1. The fraction of sp³-hybridized carbons (Fsp3) is 0.381. The molecule has 162 valence electrons. The topological polar surface area (TPSA) is 104 Å². The summed E-state index contributed by atoms with van der Waals surface area (Å²) >= 11 is 0. The number of aryl methyl sites for hydroxylation is 1. The third kappa shape index (κ3) is 5.84. The van der Waals surface area contributed by atoms with E-state index in [9.17, 15) is 14.9 Å². The molecule has 1 unspecified atom stereocenters. The van der Waals surface area contributed by atoms with Crippen LogP contribution in [0.4, 0.5) is 11.4 Å². The Morgan fingerprint density at radius 1 is 1.13 bits per heavy atom. The Hall–Kier alpha value is -3.33. The Morgan fingerprint density at radius 3 is 2.43 bits per heavy atom. The lowest BCUT2D eigenvalue weighted by Crippen LogP contribution is -3.08. The summed E-state index contributed by atoms with van der Waals surface area (Å²) in [5.41, 5.74) is 1.94. The summed E-state index contributed by atoms with van der Waals surface area (Å²) in [5.74, 6) is 1.23. The lowest BCUT2D eigenvalue weighted by atomic mass is 10.1. The van der Waals surface area contributed by atoms with Gasteiger partial charge in [0.05, 0.1) is 32.8 Å². The van der Waals surface area contributed by atoms with Crippen molar-refractivity contribution in [3.63, 3.8) is 0 Å². The lowest BCUT2D eigenvalue weighted by molar-refractivity contribution is -0.885. The molecule has 0 spiro atoms. The van der Waals surface area contributed by atoms with Gasteiger partial charge in [0, 0.05) is 23.4 Å².